The summed E-state index contributed by atoms with van der Waals surface area (Å²) in [6.07, 6.45) is 18.4. The van der Waals surface area contributed by atoms with Gasteiger partial charge in [-0.2, -0.15) is 0 Å². The van der Waals surface area contributed by atoms with Crippen LogP contribution in [-0.4, -0.2) is 0 Å². The van der Waals surface area contributed by atoms with Gasteiger partial charge in [0, 0.05) is 0 Å². The second-order valence-electron chi connectivity index (χ2n) is 8.29. The maximum absolute atomic E-state index is 2.36. The van der Waals surface area contributed by atoms with Gasteiger partial charge in [-0.05, 0) is 56.9 Å². The van der Waals surface area contributed by atoms with Crippen molar-refractivity contribution >= 4 is 0 Å². The Hall–Kier alpha value is -1.04. The molecule has 0 spiro atoms. The summed E-state index contributed by atoms with van der Waals surface area (Å²) in [6, 6.07) is 9.29. The molecule has 0 bridgehead atoms. The van der Waals surface area contributed by atoms with Gasteiger partial charge in [-0.15, -0.1) is 0 Å². The molecular formula is C26H44. The third-order valence-corrected chi connectivity index (χ3v) is 6.23. The first-order valence-electron chi connectivity index (χ1n) is 11.3. The van der Waals surface area contributed by atoms with E-state index in [2.05, 4.69) is 45.0 Å². The highest BCUT2D eigenvalue weighted by Gasteiger charge is 2.20. The molecule has 1 aliphatic carbocycles. The Morgan fingerprint density at radius 3 is 1.96 bits per heavy atom. The van der Waals surface area contributed by atoms with Crippen LogP contribution in [0.2, 0.25) is 0 Å². The molecular weight excluding hydrogens is 312 g/mol. The van der Waals surface area contributed by atoms with E-state index in [0.717, 1.165) is 17.8 Å². The first-order chi connectivity index (χ1) is 12.6. The van der Waals surface area contributed by atoms with E-state index in [1.165, 1.54) is 69.8 Å². The summed E-state index contributed by atoms with van der Waals surface area (Å²) in [5, 5.41) is 0. The lowest BCUT2D eigenvalue weighted by molar-refractivity contribution is 0.252. The fourth-order valence-electron chi connectivity index (χ4n) is 4.25. The monoisotopic (exact) mass is 356 g/mol. The largest absolute Gasteiger partial charge is 0.0919 e. The molecule has 1 unspecified atom stereocenters. The van der Waals surface area contributed by atoms with Crippen molar-refractivity contribution in [3.8, 4) is 0 Å². The summed E-state index contributed by atoms with van der Waals surface area (Å²) in [4.78, 5) is 0. The van der Waals surface area contributed by atoms with Crippen molar-refractivity contribution in [2.45, 2.75) is 105 Å². The van der Waals surface area contributed by atoms with Gasteiger partial charge in [0.15, 0.2) is 0 Å². The maximum atomic E-state index is 2.36. The molecule has 0 amide bonds. The second-order valence-corrected chi connectivity index (χ2v) is 8.29. The van der Waals surface area contributed by atoms with Gasteiger partial charge in [0.2, 0.25) is 0 Å². The fourth-order valence-corrected chi connectivity index (χ4v) is 4.25. The van der Waals surface area contributed by atoms with Crippen LogP contribution in [0.1, 0.15) is 109 Å². The third-order valence-electron chi connectivity index (χ3n) is 6.23. The molecule has 0 heteroatoms. The number of hydrogen-bond donors (Lipinski definition) is 0. The Bertz CT molecular complexity index is 455. The van der Waals surface area contributed by atoms with Gasteiger partial charge in [0.05, 0.1) is 0 Å². The highest BCUT2D eigenvalue weighted by Crippen LogP contribution is 2.35. The van der Waals surface area contributed by atoms with Crippen molar-refractivity contribution in [2.75, 3.05) is 0 Å². The van der Waals surface area contributed by atoms with E-state index >= 15 is 0 Å². The quantitative estimate of drug-likeness (QED) is 0.408. The van der Waals surface area contributed by atoms with E-state index in [-0.39, 0.29) is 0 Å². The molecule has 0 N–H and O–H groups in total. The molecule has 1 aromatic carbocycles. The molecule has 0 aliphatic heterocycles. The van der Waals surface area contributed by atoms with Crippen molar-refractivity contribution in [3.63, 3.8) is 0 Å². The Morgan fingerprint density at radius 1 is 0.885 bits per heavy atom. The van der Waals surface area contributed by atoms with Crippen LogP contribution >= 0.6 is 0 Å². The van der Waals surface area contributed by atoms with Gasteiger partial charge in [-0.3, -0.25) is 0 Å². The fraction of sp³-hybridized carbons (Fsp3) is 0.692. The van der Waals surface area contributed by atoms with Crippen LogP contribution in [0.3, 0.4) is 0 Å². The topological polar surface area (TPSA) is 0 Å². The SMILES string of the molecule is C/C=C/C.CCCC(CCCC1CCC(CC)CC1)c1ccc(C)cc1. The molecule has 26 heavy (non-hydrogen) atoms. The molecule has 1 saturated carbocycles. The molecule has 0 heterocycles. The molecule has 0 radical (unpaired) electrons. The second kappa shape index (κ2) is 14.1. The van der Waals surface area contributed by atoms with E-state index in [1.54, 1.807) is 5.56 Å². The zero-order chi connectivity index (χ0) is 19.2. The van der Waals surface area contributed by atoms with E-state index in [1.807, 2.05) is 26.0 Å². The minimum atomic E-state index is 0.789. The average Bonchev–Trinajstić information content (AvgIpc) is 2.69. The van der Waals surface area contributed by atoms with Crippen LogP contribution in [0.4, 0.5) is 0 Å². The summed E-state index contributed by atoms with van der Waals surface area (Å²) in [7, 11) is 0. The summed E-state index contributed by atoms with van der Waals surface area (Å²) < 4.78 is 0. The lowest BCUT2D eigenvalue weighted by atomic mass is 9.78. The third kappa shape index (κ3) is 9.06. The first-order valence-corrected chi connectivity index (χ1v) is 11.3. The van der Waals surface area contributed by atoms with E-state index in [0.29, 0.717) is 0 Å². The number of rotatable bonds is 8. The van der Waals surface area contributed by atoms with Crippen LogP contribution < -0.4 is 0 Å². The van der Waals surface area contributed by atoms with Crippen molar-refractivity contribution < 1.29 is 0 Å². The number of allylic oxidation sites excluding steroid dienone is 2. The van der Waals surface area contributed by atoms with Crippen molar-refractivity contribution in [3.05, 3.63) is 47.5 Å². The summed E-state index contributed by atoms with van der Waals surface area (Å²) in [5.41, 5.74) is 2.95. The highest BCUT2D eigenvalue weighted by molar-refractivity contribution is 5.24. The van der Waals surface area contributed by atoms with E-state index < -0.39 is 0 Å². The Morgan fingerprint density at radius 2 is 1.46 bits per heavy atom. The van der Waals surface area contributed by atoms with Gasteiger partial charge in [0.1, 0.15) is 0 Å². The number of hydrogen-bond acceptors (Lipinski definition) is 0. The van der Waals surface area contributed by atoms with Crippen LogP contribution in [0, 0.1) is 18.8 Å². The molecule has 0 nitrogen and oxygen atoms in total. The molecule has 148 valence electrons. The minimum Gasteiger partial charge on any atom is -0.0919 e. The van der Waals surface area contributed by atoms with Gasteiger partial charge < -0.3 is 0 Å². The average molecular weight is 357 g/mol. The van der Waals surface area contributed by atoms with Gasteiger partial charge in [-0.25, -0.2) is 0 Å². The molecule has 2 rings (SSSR count). The Kier molecular flexibility index (Phi) is 12.4. The smallest absolute Gasteiger partial charge is 0.0162 e. The number of aryl methyl sites for hydroxylation is 1. The molecule has 1 fully saturated rings. The summed E-state index contributed by atoms with van der Waals surface area (Å²) >= 11 is 0. The zero-order valence-corrected chi connectivity index (χ0v) is 18.3. The summed E-state index contributed by atoms with van der Waals surface area (Å²) in [5.74, 6) is 2.86. The molecule has 1 aliphatic rings. The number of benzene rings is 1. The minimum absolute atomic E-state index is 0.789. The van der Waals surface area contributed by atoms with E-state index in [9.17, 15) is 0 Å². The van der Waals surface area contributed by atoms with Gasteiger partial charge in [0.25, 0.3) is 0 Å². The Balaban J connectivity index is 0.000000765. The van der Waals surface area contributed by atoms with Crippen LogP contribution in [0.5, 0.6) is 0 Å². The van der Waals surface area contributed by atoms with Crippen LogP contribution in [-0.2, 0) is 0 Å². The predicted molar refractivity (Wildman–Crippen MR) is 119 cm³/mol. The standard InChI is InChI=1S/C22H36.C4H8/c1-4-7-21(22-16-10-18(3)11-17-22)9-6-8-20-14-12-19(5-2)13-15-20;1-3-4-2/h10-11,16-17,19-21H,4-9,12-15H2,1-3H3;3-4H,1-2H3/b;4-3+. The van der Waals surface area contributed by atoms with Crippen molar-refractivity contribution in [1.29, 1.82) is 0 Å². The lowest BCUT2D eigenvalue weighted by Crippen LogP contribution is -2.14. The highest BCUT2D eigenvalue weighted by atomic mass is 14.3. The van der Waals surface area contributed by atoms with Crippen molar-refractivity contribution in [1.82, 2.24) is 0 Å². The molecule has 0 saturated heterocycles. The Labute approximate surface area is 164 Å². The van der Waals surface area contributed by atoms with Gasteiger partial charge >= 0.3 is 0 Å². The maximum Gasteiger partial charge on any atom is -0.0162 e. The molecule has 0 aromatic heterocycles. The van der Waals surface area contributed by atoms with Crippen molar-refractivity contribution in [2.24, 2.45) is 11.8 Å². The normalized spacial score (nSPS) is 21.3. The lowest BCUT2D eigenvalue weighted by Gasteiger charge is -2.28. The van der Waals surface area contributed by atoms with Crippen LogP contribution in [0.15, 0.2) is 36.4 Å². The van der Waals surface area contributed by atoms with Crippen LogP contribution in [0.25, 0.3) is 0 Å². The van der Waals surface area contributed by atoms with Gasteiger partial charge in [-0.1, -0.05) is 107 Å². The van der Waals surface area contributed by atoms with E-state index in [4.69, 9.17) is 0 Å². The molecule has 1 atom stereocenters. The first kappa shape index (κ1) is 23.0. The molecule has 1 aromatic rings. The predicted octanol–water partition coefficient (Wildman–Crippen LogP) is 8.85. The summed E-state index contributed by atoms with van der Waals surface area (Å²) in [6.45, 7) is 10.9. The zero-order valence-electron chi connectivity index (χ0n) is 18.3.